The molecule has 2 nitrogen and oxygen atoms in total. The van der Waals surface area contributed by atoms with Gasteiger partial charge in [-0.05, 0) is 25.2 Å². The average Bonchev–Trinajstić information content (AvgIpc) is 3.05. The molecule has 2 aliphatic carbocycles. The number of nitrogens with one attached hydrogen (secondary N) is 1. The number of halogens is 1. The molecule has 1 saturated heterocycles. The van der Waals surface area contributed by atoms with Crippen LogP contribution in [-0.4, -0.2) is 41.9 Å². The highest BCUT2D eigenvalue weighted by molar-refractivity contribution is 9.09. The van der Waals surface area contributed by atoms with E-state index in [4.69, 9.17) is 0 Å². The van der Waals surface area contributed by atoms with Crippen LogP contribution in [0.3, 0.4) is 0 Å². The van der Waals surface area contributed by atoms with Gasteiger partial charge in [-0.2, -0.15) is 0 Å². The molecule has 0 amide bonds. The maximum absolute atomic E-state index is 3.45. The minimum atomic E-state index is 0.863. The molecule has 100 valence electrons. The molecule has 3 heteroatoms. The standard InChI is InChI=1S/C10H20N2.C4H7Br/c1-2-4-10(5-3-1)12-8-6-11-7-9-12;1-3-2-4(3)5/h10-11H,1-9H2;3-4H,2H2,1H3. The molecule has 0 aromatic rings. The monoisotopic (exact) mass is 302 g/mol. The van der Waals surface area contributed by atoms with Gasteiger partial charge in [0, 0.05) is 37.0 Å². The lowest BCUT2D eigenvalue weighted by Crippen LogP contribution is -2.48. The van der Waals surface area contributed by atoms with Gasteiger partial charge in [-0.15, -0.1) is 0 Å². The van der Waals surface area contributed by atoms with Gasteiger partial charge < -0.3 is 5.32 Å². The lowest BCUT2D eigenvalue weighted by molar-refractivity contribution is 0.139. The van der Waals surface area contributed by atoms with Crippen LogP contribution in [0.5, 0.6) is 0 Å². The van der Waals surface area contributed by atoms with Crippen LogP contribution < -0.4 is 5.32 Å². The zero-order valence-electron chi connectivity index (χ0n) is 11.1. The highest BCUT2D eigenvalue weighted by Gasteiger charge is 2.28. The van der Waals surface area contributed by atoms with Crippen LogP contribution >= 0.6 is 15.9 Å². The molecule has 1 heterocycles. The van der Waals surface area contributed by atoms with Gasteiger partial charge in [0.2, 0.25) is 0 Å². The highest BCUT2D eigenvalue weighted by atomic mass is 79.9. The summed E-state index contributed by atoms with van der Waals surface area (Å²) in [6, 6.07) is 0.931. The number of hydrogen-bond acceptors (Lipinski definition) is 2. The quantitative estimate of drug-likeness (QED) is 0.749. The molecular formula is C14H27BrN2. The van der Waals surface area contributed by atoms with Crippen LogP contribution in [0.25, 0.3) is 0 Å². The SMILES string of the molecule is C1CCC(N2CCNCC2)CC1.CC1CC1Br. The molecule has 2 saturated carbocycles. The largest absolute Gasteiger partial charge is 0.314 e. The Morgan fingerprint density at radius 1 is 1.06 bits per heavy atom. The summed E-state index contributed by atoms with van der Waals surface area (Å²) in [5, 5.41) is 3.41. The summed E-state index contributed by atoms with van der Waals surface area (Å²) in [6.07, 6.45) is 8.71. The lowest BCUT2D eigenvalue weighted by atomic mass is 9.94. The second-order valence-corrected chi connectivity index (χ2v) is 6.98. The third-order valence-electron chi connectivity index (χ3n) is 4.25. The van der Waals surface area contributed by atoms with Crippen molar-refractivity contribution in [2.75, 3.05) is 26.2 Å². The van der Waals surface area contributed by atoms with Gasteiger partial charge in [0.15, 0.2) is 0 Å². The molecular weight excluding hydrogens is 276 g/mol. The minimum Gasteiger partial charge on any atom is -0.314 e. The van der Waals surface area contributed by atoms with Crippen molar-refractivity contribution in [1.29, 1.82) is 0 Å². The Morgan fingerprint density at radius 2 is 1.59 bits per heavy atom. The summed E-state index contributed by atoms with van der Waals surface area (Å²) in [5.74, 6) is 0.968. The molecule has 0 spiro atoms. The summed E-state index contributed by atoms with van der Waals surface area (Å²) >= 11 is 3.45. The Hall–Kier alpha value is 0.400. The molecule has 0 aromatic heterocycles. The first-order valence-corrected chi connectivity index (χ1v) is 8.28. The van der Waals surface area contributed by atoms with E-state index in [9.17, 15) is 0 Å². The minimum absolute atomic E-state index is 0.863. The average molecular weight is 303 g/mol. The number of rotatable bonds is 1. The molecule has 0 aromatic carbocycles. The maximum atomic E-state index is 3.45. The predicted molar refractivity (Wildman–Crippen MR) is 77.8 cm³/mol. The van der Waals surface area contributed by atoms with Crippen molar-refractivity contribution >= 4 is 15.9 Å². The first kappa shape index (κ1) is 13.8. The van der Waals surface area contributed by atoms with Crippen molar-refractivity contribution < 1.29 is 0 Å². The van der Waals surface area contributed by atoms with Crippen molar-refractivity contribution in [3.63, 3.8) is 0 Å². The molecule has 1 N–H and O–H groups in total. The molecule has 1 aliphatic heterocycles. The van der Waals surface area contributed by atoms with Crippen LogP contribution in [0, 0.1) is 5.92 Å². The van der Waals surface area contributed by atoms with Crippen molar-refractivity contribution in [3.05, 3.63) is 0 Å². The summed E-state index contributed by atoms with van der Waals surface area (Å²) in [4.78, 5) is 3.55. The van der Waals surface area contributed by atoms with E-state index in [1.807, 2.05) is 0 Å². The fraction of sp³-hybridized carbons (Fsp3) is 1.00. The predicted octanol–water partition coefficient (Wildman–Crippen LogP) is 3.01. The Balaban J connectivity index is 0.000000181. The van der Waals surface area contributed by atoms with E-state index in [0.717, 1.165) is 16.8 Å². The number of alkyl halides is 1. The lowest BCUT2D eigenvalue weighted by Gasteiger charge is -2.36. The highest BCUT2D eigenvalue weighted by Crippen LogP contribution is 2.36. The van der Waals surface area contributed by atoms with Crippen LogP contribution in [-0.2, 0) is 0 Å². The maximum Gasteiger partial charge on any atom is 0.0174 e. The first-order valence-electron chi connectivity index (χ1n) is 7.36. The van der Waals surface area contributed by atoms with Crippen LogP contribution in [0.1, 0.15) is 45.4 Å². The van der Waals surface area contributed by atoms with Gasteiger partial charge in [-0.25, -0.2) is 0 Å². The fourth-order valence-electron chi connectivity index (χ4n) is 2.77. The smallest absolute Gasteiger partial charge is 0.0174 e. The van der Waals surface area contributed by atoms with Crippen LogP contribution in [0.15, 0.2) is 0 Å². The zero-order valence-corrected chi connectivity index (χ0v) is 12.7. The topological polar surface area (TPSA) is 15.3 Å². The molecule has 2 atom stereocenters. The second kappa shape index (κ2) is 7.10. The molecule has 2 unspecified atom stereocenters. The Bertz CT molecular complexity index is 188. The van der Waals surface area contributed by atoms with E-state index < -0.39 is 0 Å². The molecule has 3 fully saturated rings. The Kier molecular flexibility index (Phi) is 5.78. The van der Waals surface area contributed by atoms with Crippen LogP contribution in [0.4, 0.5) is 0 Å². The first-order chi connectivity index (χ1) is 8.27. The normalized spacial score (nSPS) is 34.9. The fourth-order valence-corrected chi connectivity index (χ4v) is 3.36. The number of hydrogen-bond donors (Lipinski definition) is 1. The van der Waals surface area contributed by atoms with Crippen molar-refractivity contribution in [3.8, 4) is 0 Å². The van der Waals surface area contributed by atoms with Gasteiger partial charge >= 0.3 is 0 Å². The van der Waals surface area contributed by atoms with Crippen LogP contribution in [0.2, 0.25) is 0 Å². The molecule has 3 rings (SSSR count). The van der Waals surface area contributed by atoms with E-state index in [-0.39, 0.29) is 0 Å². The van der Waals surface area contributed by atoms with Gasteiger partial charge in [0.05, 0.1) is 0 Å². The van der Waals surface area contributed by atoms with Gasteiger partial charge in [0.1, 0.15) is 0 Å². The van der Waals surface area contributed by atoms with Crippen molar-refractivity contribution in [2.24, 2.45) is 5.92 Å². The van der Waals surface area contributed by atoms with E-state index in [1.54, 1.807) is 0 Å². The molecule has 3 aliphatic rings. The molecule has 0 radical (unpaired) electrons. The van der Waals surface area contributed by atoms with E-state index >= 15 is 0 Å². The van der Waals surface area contributed by atoms with Gasteiger partial charge in [-0.3, -0.25) is 4.90 Å². The summed E-state index contributed by atoms with van der Waals surface area (Å²) < 4.78 is 0. The molecule has 0 bridgehead atoms. The number of piperazine rings is 1. The Labute approximate surface area is 115 Å². The summed E-state index contributed by atoms with van der Waals surface area (Å²) in [7, 11) is 0. The number of nitrogens with zero attached hydrogens (tertiary/aromatic N) is 1. The van der Waals surface area contributed by atoms with Gasteiger partial charge in [0.25, 0.3) is 0 Å². The Morgan fingerprint density at radius 3 is 2.06 bits per heavy atom. The van der Waals surface area contributed by atoms with Crippen molar-refractivity contribution in [1.82, 2.24) is 10.2 Å². The summed E-state index contributed by atoms with van der Waals surface area (Å²) in [6.45, 7) is 7.22. The van der Waals surface area contributed by atoms with E-state index in [0.29, 0.717) is 0 Å². The van der Waals surface area contributed by atoms with Crippen molar-refractivity contribution in [2.45, 2.75) is 56.3 Å². The third-order valence-corrected chi connectivity index (χ3v) is 5.53. The van der Waals surface area contributed by atoms with E-state index in [2.05, 4.69) is 33.1 Å². The second-order valence-electron chi connectivity index (χ2n) is 5.81. The third kappa shape index (κ3) is 4.88. The van der Waals surface area contributed by atoms with E-state index in [1.165, 1.54) is 64.7 Å². The summed E-state index contributed by atoms with van der Waals surface area (Å²) in [5.41, 5.74) is 0. The molecule has 17 heavy (non-hydrogen) atoms. The zero-order chi connectivity index (χ0) is 12.1. The van der Waals surface area contributed by atoms with Gasteiger partial charge in [-0.1, -0.05) is 42.1 Å².